The van der Waals surface area contributed by atoms with Gasteiger partial charge in [0, 0.05) is 1.37 Å². The third-order valence-electron chi connectivity index (χ3n) is 2.01. The molecule has 0 aromatic heterocycles. The minimum atomic E-state index is -5.96. The zero-order chi connectivity index (χ0) is 16.1. The molecule has 1 unspecified atom stereocenters. The van der Waals surface area contributed by atoms with E-state index in [4.69, 9.17) is 1.37 Å². The summed E-state index contributed by atoms with van der Waals surface area (Å²) in [4.78, 5) is 11.5. The second-order valence-corrected chi connectivity index (χ2v) is 5.14. The van der Waals surface area contributed by atoms with E-state index in [2.05, 4.69) is 8.92 Å². The zero-order valence-electron chi connectivity index (χ0n) is 11.0. The van der Waals surface area contributed by atoms with Crippen LogP contribution in [0.2, 0.25) is 0 Å². The number of benzene rings is 1. The molecule has 1 atom stereocenters. The fraction of sp³-hybridized carbons (Fsp3) is 0.364. The predicted molar refractivity (Wildman–Crippen MR) is 61.8 cm³/mol. The van der Waals surface area contributed by atoms with Crippen molar-refractivity contribution in [3.05, 3.63) is 35.9 Å². The topological polar surface area (TPSA) is 69.7 Å². The maximum Gasteiger partial charge on any atom is 0.523 e. The Labute approximate surface area is 114 Å². The Hall–Kier alpha value is -1.61. The summed E-state index contributed by atoms with van der Waals surface area (Å²) in [6.07, 6.45) is -2.17. The van der Waals surface area contributed by atoms with Crippen LogP contribution >= 0.6 is 0 Å². The van der Waals surface area contributed by atoms with E-state index >= 15 is 0 Å². The van der Waals surface area contributed by atoms with Gasteiger partial charge in [0.1, 0.15) is 6.61 Å². The normalized spacial score (nSPS) is 14.4. The molecular formula is C11H11F3O5S. The first kappa shape index (κ1) is 14.8. The van der Waals surface area contributed by atoms with E-state index in [0.29, 0.717) is 5.56 Å². The first-order chi connectivity index (χ1) is 9.67. The summed E-state index contributed by atoms with van der Waals surface area (Å²) in [5.41, 5.74) is -5.12. The SMILES string of the molecule is [2H]CC(OS(=O)(=O)C(F)(F)F)C(=O)OCc1ccccc1. The number of carbonyl (C=O) groups is 1. The van der Waals surface area contributed by atoms with Gasteiger partial charge in [-0.15, -0.1) is 0 Å². The number of alkyl halides is 3. The van der Waals surface area contributed by atoms with Crippen LogP contribution < -0.4 is 0 Å². The summed E-state index contributed by atoms with van der Waals surface area (Å²) in [5, 5.41) is 0. The number of hydrogen-bond donors (Lipinski definition) is 0. The molecule has 1 aromatic rings. The molecule has 0 amide bonds. The van der Waals surface area contributed by atoms with Crippen LogP contribution in [0.4, 0.5) is 13.2 Å². The van der Waals surface area contributed by atoms with Crippen molar-refractivity contribution >= 4 is 16.1 Å². The molecule has 5 nitrogen and oxygen atoms in total. The lowest BCUT2D eigenvalue weighted by Gasteiger charge is -2.13. The average molecular weight is 313 g/mol. The molecule has 0 N–H and O–H groups in total. The first-order valence-electron chi connectivity index (χ1n) is 5.87. The van der Waals surface area contributed by atoms with Gasteiger partial charge in [-0.05, 0) is 12.5 Å². The van der Waals surface area contributed by atoms with E-state index in [1.807, 2.05) is 0 Å². The van der Waals surface area contributed by atoms with Crippen LogP contribution in [0.1, 0.15) is 13.8 Å². The lowest BCUT2D eigenvalue weighted by Crippen LogP contribution is -2.33. The van der Waals surface area contributed by atoms with E-state index in [-0.39, 0.29) is 6.61 Å². The van der Waals surface area contributed by atoms with Crippen molar-refractivity contribution in [2.45, 2.75) is 25.1 Å². The molecule has 9 heteroatoms. The van der Waals surface area contributed by atoms with Crippen LogP contribution in [-0.4, -0.2) is 26.0 Å². The second-order valence-electron chi connectivity index (χ2n) is 3.58. The van der Waals surface area contributed by atoms with E-state index in [0.717, 1.165) is 0 Å². The van der Waals surface area contributed by atoms with Crippen molar-refractivity contribution in [1.29, 1.82) is 0 Å². The summed E-state index contributed by atoms with van der Waals surface area (Å²) in [5.74, 6) is -1.36. The minimum absolute atomic E-state index is 0.272. The first-order valence-corrected chi connectivity index (χ1v) is 6.57. The van der Waals surface area contributed by atoms with Crippen molar-refractivity contribution < 1.29 is 36.7 Å². The summed E-state index contributed by atoms with van der Waals surface area (Å²) >= 11 is 0. The smallest absolute Gasteiger partial charge is 0.459 e. The minimum Gasteiger partial charge on any atom is -0.459 e. The molecule has 0 aliphatic heterocycles. The summed E-state index contributed by atoms with van der Waals surface area (Å²) in [6.45, 7) is -1.30. The lowest BCUT2D eigenvalue weighted by atomic mass is 10.2. The second kappa shape index (κ2) is 6.23. The predicted octanol–water partition coefficient (Wildman–Crippen LogP) is 1.98. The Bertz CT molecular complexity index is 573. The molecule has 0 saturated carbocycles. The monoisotopic (exact) mass is 313 g/mol. The number of halogens is 3. The highest BCUT2D eigenvalue weighted by atomic mass is 32.2. The van der Waals surface area contributed by atoms with Crippen LogP contribution in [-0.2, 0) is 30.4 Å². The fourth-order valence-corrected chi connectivity index (χ4v) is 1.56. The van der Waals surface area contributed by atoms with Gasteiger partial charge in [0.25, 0.3) is 0 Å². The van der Waals surface area contributed by atoms with E-state index in [9.17, 15) is 26.4 Å². The Morgan fingerprint density at radius 3 is 2.45 bits per heavy atom. The Morgan fingerprint density at radius 2 is 1.95 bits per heavy atom. The van der Waals surface area contributed by atoms with Crippen LogP contribution in [0, 0.1) is 0 Å². The van der Waals surface area contributed by atoms with Crippen LogP contribution in [0.15, 0.2) is 30.3 Å². The van der Waals surface area contributed by atoms with Gasteiger partial charge in [0.2, 0.25) is 0 Å². The maximum atomic E-state index is 12.1. The van der Waals surface area contributed by atoms with Gasteiger partial charge in [0.15, 0.2) is 6.10 Å². The van der Waals surface area contributed by atoms with Crippen molar-refractivity contribution in [1.82, 2.24) is 0 Å². The summed E-state index contributed by atoms with van der Waals surface area (Å²) in [7, 11) is -5.96. The third-order valence-corrected chi connectivity index (χ3v) is 3.07. The Balaban J connectivity index is 2.66. The van der Waals surface area contributed by atoms with Crippen molar-refractivity contribution in [3.8, 4) is 0 Å². The molecular weight excluding hydrogens is 301 g/mol. The average Bonchev–Trinajstić information content (AvgIpc) is 2.42. The van der Waals surface area contributed by atoms with Gasteiger partial charge >= 0.3 is 21.6 Å². The number of esters is 1. The molecule has 0 aliphatic rings. The molecule has 1 aromatic carbocycles. The number of carbonyl (C=O) groups excluding carboxylic acids is 1. The molecule has 0 saturated heterocycles. The van der Waals surface area contributed by atoms with Crippen LogP contribution in [0.3, 0.4) is 0 Å². The van der Waals surface area contributed by atoms with Crippen LogP contribution in [0.5, 0.6) is 0 Å². The molecule has 0 radical (unpaired) electrons. The maximum absolute atomic E-state index is 12.1. The molecule has 20 heavy (non-hydrogen) atoms. The highest BCUT2D eigenvalue weighted by Crippen LogP contribution is 2.25. The number of ether oxygens (including phenoxy) is 1. The quantitative estimate of drug-likeness (QED) is 0.472. The van der Waals surface area contributed by atoms with Crippen molar-refractivity contribution in [2.75, 3.05) is 0 Å². The van der Waals surface area contributed by atoms with Crippen molar-refractivity contribution in [3.63, 3.8) is 0 Å². The highest BCUT2D eigenvalue weighted by molar-refractivity contribution is 7.87. The van der Waals surface area contributed by atoms with Gasteiger partial charge in [-0.1, -0.05) is 30.3 Å². The molecule has 1 rings (SSSR count). The standard InChI is InChI=1S/C11H11F3O5S/c1-8(19-20(16,17)11(12,13)14)10(15)18-7-9-5-3-2-4-6-9/h2-6,8H,7H2,1H3/i1D. The lowest BCUT2D eigenvalue weighted by molar-refractivity contribution is -0.153. The van der Waals surface area contributed by atoms with E-state index in [1.54, 1.807) is 30.3 Å². The van der Waals surface area contributed by atoms with Gasteiger partial charge in [-0.3, -0.25) is 0 Å². The number of hydrogen-bond acceptors (Lipinski definition) is 5. The van der Waals surface area contributed by atoms with Crippen LogP contribution in [0.25, 0.3) is 0 Å². The summed E-state index contributed by atoms with van der Waals surface area (Å²) in [6, 6.07) is 8.19. The molecule has 0 aliphatic carbocycles. The van der Waals surface area contributed by atoms with E-state index in [1.165, 1.54) is 0 Å². The van der Waals surface area contributed by atoms with Gasteiger partial charge in [-0.25, -0.2) is 8.98 Å². The van der Waals surface area contributed by atoms with Crippen molar-refractivity contribution in [2.24, 2.45) is 0 Å². The van der Waals surface area contributed by atoms with Gasteiger partial charge in [-0.2, -0.15) is 21.6 Å². The Morgan fingerprint density at radius 1 is 1.35 bits per heavy atom. The number of rotatable bonds is 5. The van der Waals surface area contributed by atoms with Gasteiger partial charge in [0.05, 0.1) is 0 Å². The largest absolute Gasteiger partial charge is 0.523 e. The summed E-state index contributed by atoms with van der Waals surface area (Å²) < 4.78 is 73.1. The zero-order valence-corrected chi connectivity index (χ0v) is 10.8. The highest BCUT2D eigenvalue weighted by Gasteiger charge is 2.49. The Kier molecular flexibility index (Phi) is 4.61. The molecule has 0 spiro atoms. The third kappa shape index (κ3) is 4.49. The molecule has 0 bridgehead atoms. The molecule has 0 heterocycles. The molecule has 112 valence electrons. The van der Waals surface area contributed by atoms with Gasteiger partial charge < -0.3 is 4.74 Å². The van der Waals surface area contributed by atoms with E-state index < -0.39 is 34.6 Å². The fourth-order valence-electron chi connectivity index (χ4n) is 1.07. The molecule has 0 fully saturated rings.